The number of hydrogen-bond acceptors (Lipinski definition) is 2. The van der Waals surface area contributed by atoms with E-state index in [1.54, 1.807) is 0 Å². The average molecular weight is 290 g/mol. The van der Waals surface area contributed by atoms with Crippen LogP contribution in [0.15, 0.2) is 30.3 Å². The number of nitrogens with one attached hydrogen (secondary N) is 1. The van der Waals surface area contributed by atoms with Crippen molar-refractivity contribution in [1.29, 1.82) is 0 Å². The van der Waals surface area contributed by atoms with Gasteiger partial charge >= 0.3 is 0 Å². The number of halogens is 1. The van der Waals surface area contributed by atoms with Crippen molar-refractivity contribution in [3.05, 3.63) is 35.9 Å². The number of rotatable bonds is 4. The monoisotopic (exact) mass is 290 g/mol. The molecule has 1 atom stereocenters. The van der Waals surface area contributed by atoms with Crippen LogP contribution in [0.5, 0.6) is 0 Å². The molecule has 1 aliphatic heterocycles. The third-order valence-electron chi connectivity index (χ3n) is 5.49. The van der Waals surface area contributed by atoms with Gasteiger partial charge in [-0.05, 0) is 31.7 Å². The first-order chi connectivity index (χ1) is 10.2. The summed E-state index contributed by atoms with van der Waals surface area (Å²) in [5, 5.41) is 3.82. The summed E-state index contributed by atoms with van der Waals surface area (Å²) < 4.78 is 12.7. The van der Waals surface area contributed by atoms with Gasteiger partial charge in [0, 0.05) is 25.2 Å². The minimum Gasteiger partial charge on any atom is -0.305 e. The summed E-state index contributed by atoms with van der Waals surface area (Å²) in [6.07, 6.45) is 5.81. The Balaban J connectivity index is 1.81. The molecule has 1 aliphatic carbocycles. The van der Waals surface area contributed by atoms with Crippen molar-refractivity contribution >= 4 is 0 Å². The van der Waals surface area contributed by atoms with Crippen molar-refractivity contribution in [2.45, 2.75) is 50.1 Å². The fraction of sp³-hybridized carbons (Fsp3) is 0.667. The van der Waals surface area contributed by atoms with Crippen LogP contribution in [0.25, 0.3) is 0 Å². The van der Waals surface area contributed by atoms with Gasteiger partial charge in [-0.25, -0.2) is 0 Å². The predicted molar refractivity (Wildman–Crippen MR) is 85.2 cm³/mol. The molecule has 0 radical (unpaired) electrons. The third-order valence-corrected chi connectivity index (χ3v) is 5.49. The molecular formula is C18H27FN2. The molecule has 1 unspecified atom stereocenters. The lowest BCUT2D eigenvalue weighted by Crippen LogP contribution is -2.67. The topological polar surface area (TPSA) is 15.3 Å². The molecule has 0 amide bonds. The SMILES string of the molecule is CC1(c2ccccc2)CN(CCCF)C2(CCCC2)CN1. The van der Waals surface area contributed by atoms with E-state index < -0.39 is 0 Å². The molecule has 0 bridgehead atoms. The zero-order valence-corrected chi connectivity index (χ0v) is 13.1. The first-order valence-electron chi connectivity index (χ1n) is 8.30. The second-order valence-corrected chi connectivity index (χ2v) is 6.95. The summed E-state index contributed by atoms with van der Waals surface area (Å²) in [6, 6.07) is 10.7. The molecular weight excluding hydrogens is 263 g/mol. The summed E-state index contributed by atoms with van der Waals surface area (Å²) in [5.41, 5.74) is 1.60. The van der Waals surface area contributed by atoms with Gasteiger partial charge in [0.2, 0.25) is 0 Å². The van der Waals surface area contributed by atoms with Gasteiger partial charge in [-0.1, -0.05) is 43.2 Å². The quantitative estimate of drug-likeness (QED) is 0.913. The second kappa shape index (κ2) is 6.05. The molecule has 1 heterocycles. The fourth-order valence-corrected chi connectivity index (χ4v) is 4.17. The molecule has 2 aliphatic rings. The summed E-state index contributed by atoms with van der Waals surface area (Å²) in [4.78, 5) is 2.59. The molecule has 2 nitrogen and oxygen atoms in total. The maximum Gasteiger partial charge on any atom is 0.0906 e. The van der Waals surface area contributed by atoms with E-state index in [0.717, 1.165) is 19.6 Å². The highest BCUT2D eigenvalue weighted by molar-refractivity contribution is 5.26. The minimum absolute atomic E-state index is 0.0224. The van der Waals surface area contributed by atoms with Crippen molar-refractivity contribution in [1.82, 2.24) is 10.2 Å². The highest BCUT2D eigenvalue weighted by Gasteiger charge is 2.47. The zero-order chi connectivity index (χ0) is 14.8. The van der Waals surface area contributed by atoms with Crippen molar-refractivity contribution in [3.8, 4) is 0 Å². The Morgan fingerprint density at radius 1 is 1.19 bits per heavy atom. The molecule has 0 aromatic heterocycles. The van der Waals surface area contributed by atoms with Crippen LogP contribution in [-0.4, -0.2) is 36.7 Å². The van der Waals surface area contributed by atoms with Crippen LogP contribution in [0.4, 0.5) is 4.39 Å². The van der Waals surface area contributed by atoms with Crippen molar-refractivity contribution < 1.29 is 4.39 Å². The Morgan fingerprint density at radius 2 is 1.90 bits per heavy atom. The lowest BCUT2D eigenvalue weighted by molar-refractivity contribution is 0.00979. The van der Waals surface area contributed by atoms with E-state index in [4.69, 9.17) is 0 Å². The molecule has 2 fully saturated rings. The van der Waals surface area contributed by atoms with E-state index in [1.165, 1.54) is 31.2 Å². The maximum absolute atomic E-state index is 12.7. The van der Waals surface area contributed by atoms with Crippen LogP contribution < -0.4 is 5.32 Å². The second-order valence-electron chi connectivity index (χ2n) is 6.95. The minimum atomic E-state index is -0.206. The summed E-state index contributed by atoms with van der Waals surface area (Å²) in [7, 11) is 0. The van der Waals surface area contributed by atoms with Crippen LogP contribution in [0.2, 0.25) is 0 Å². The summed E-state index contributed by atoms with van der Waals surface area (Å²) in [5.74, 6) is 0. The Labute approximate surface area is 127 Å². The van der Waals surface area contributed by atoms with Crippen molar-refractivity contribution in [2.75, 3.05) is 26.3 Å². The van der Waals surface area contributed by atoms with Gasteiger partial charge in [0.25, 0.3) is 0 Å². The molecule has 116 valence electrons. The highest BCUT2D eigenvalue weighted by Crippen LogP contribution is 2.40. The number of alkyl halides is 1. The van der Waals surface area contributed by atoms with Gasteiger partial charge < -0.3 is 5.32 Å². The summed E-state index contributed by atoms with van der Waals surface area (Å²) in [6.45, 7) is 4.98. The van der Waals surface area contributed by atoms with E-state index in [-0.39, 0.29) is 17.8 Å². The van der Waals surface area contributed by atoms with Gasteiger partial charge in [0.1, 0.15) is 0 Å². The molecule has 1 aromatic rings. The van der Waals surface area contributed by atoms with E-state index >= 15 is 0 Å². The Hall–Kier alpha value is -0.930. The normalized spacial score (nSPS) is 29.0. The third kappa shape index (κ3) is 2.86. The van der Waals surface area contributed by atoms with Gasteiger partial charge in [-0.15, -0.1) is 0 Å². The zero-order valence-electron chi connectivity index (χ0n) is 13.1. The largest absolute Gasteiger partial charge is 0.305 e. The van der Waals surface area contributed by atoms with Crippen LogP contribution in [-0.2, 0) is 5.54 Å². The number of benzene rings is 1. The Bertz CT molecular complexity index is 456. The van der Waals surface area contributed by atoms with Crippen LogP contribution in [0, 0.1) is 0 Å². The van der Waals surface area contributed by atoms with Crippen LogP contribution in [0.1, 0.15) is 44.6 Å². The van der Waals surface area contributed by atoms with Crippen LogP contribution in [0.3, 0.4) is 0 Å². The van der Waals surface area contributed by atoms with Gasteiger partial charge in [0.15, 0.2) is 0 Å². The van der Waals surface area contributed by atoms with Crippen LogP contribution >= 0.6 is 0 Å². The van der Waals surface area contributed by atoms with Crippen molar-refractivity contribution in [2.24, 2.45) is 0 Å². The van der Waals surface area contributed by atoms with E-state index in [0.29, 0.717) is 6.42 Å². The molecule has 1 aromatic carbocycles. The van der Waals surface area contributed by atoms with E-state index in [2.05, 4.69) is 47.5 Å². The van der Waals surface area contributed by atoms with Crippen molar-refractivity contribution in [3.63, 3.8) is 0 Å². The smallest absolute Gasteiger partial charge is 0.0906 e. The molecule has 1 N–H and O–H groups in total. The molecule has 21 heavy (non-hydrogen) atoms. The molecule has 3 rings (SSSR count). The number of nitrogens with zero attached hydrogens (tertiary/aromatic N) is 1. The summed E-state index contributed by atoms with van der Waals surface area (Å²) >= 11 is 0. The lowest BCUT2D eigenvalue weighted by atomic mass is 9.82. The molecule has 3 heteroatoms. The van der Waals surface area contributed by atoms with Gasteiger partial charge in [-0.2, -0.15) is 0 Å². The molecule has 1 saturated heterocycles. The van der Waals surface area contributed by atoms with E-state index in [1.807, 2.05) is 0 Å². The maximum atomic E-state index is 12.7. The first kappa shape index (κ1) is 15.0. The number of hydrogen-bond donors (Lipinski definition) is 1. The fourth-order valence-electron chi connectivity index (χ4n) is 4.17. The molecule has 1 saturated carbocycles. The lowest BCUT2D eigenvalue weighted by Gasteiger charge is -2.53. The predicted octanol–water partition coefficient (Wildman–Crippen LogP) is 3.48. The van der Waals surface area contributed by atoms with Gasteiger partial charge in [0.05, 0.1) is 12.2 Å². The number of piperazine rings is 1. The Morgan fingerprint density at radius 3 is 2.57 bits per heavy atom. The molecule has 1 spiro atoms. The van der Waals surface area contributed by atoms with Gasteiger partial charge in [-0.3, -0.25) is 9.29 Å². The average Bonchev–Trinajstić information content (AvgIpc) is 2.99. The Kier molecular flexibility index (Phi) is 4.32. The standard InChI is InChI=1S/C18H27FN2/c1-17(16-8-3-2-4-9-16)15-21(13-7-12-19)18(14-20-17)10-5-6-11-18/h2-4,8-9,20H,5-7,10-15H2,1H3. The first-order valence-corrected chi connectivity index (χ1v) is 8.30. The highest BCUT2D eigenvalue weighted by atomic mass is 19.1. The van der Waals surface area contributed by atoms with E-state index in [9.17, 15) is 4.39 Å².